The molecule has 2 N–H and O–H groups in total. The van der Waals surface area contributed by atoms with Crippen LogP contribution in [0.25, 0.3) is 0 Å². The number of hydrogen-bond acceptors (Lipinski definition) is 4. The fourth-order valence-electron chi connectivity index (χ4n) is 1.99. The first-order valence-electron chi connectivity index (χ1n) is 6.89. The maximum Gasteiger partial charge on any atom is 0.119 e. The maximum atomic E-state index is 5.69. The molecule has 5 heteroatoms. The number of thiocarbonyl (C=S) groups is 1. The van der Waals surface area contributed by atoms with Crippen LogP contribution in [0.5, 0.6) is 5.75 Å². The molecule has 0 atom stereocenters. The summed E-state index contributed by atoms with van der Waals surface area (Å²) in [6, 6.07) is 11.4. The molecular formula is C16H20N2O2S. The Labute approximate surface area is 130 Å². The predicted molar refractivity (Wildman–Crippen MR) is 87.5 cm³/mol. The van der Waals surface area contributed by atoms with E-state index in [4.69, 9.17) is 27.1 Å². The van der Waals surface area contributed by atoms with E-state index in [1.807, 2.05) is 36.4 Å². The second kappa shape index (κ2) is 7.81. The number of furan rings is 1. The molecule has 1 aromatic heterocycles. The van der Waals surface area contributed by atoms with Crippen LogP contribution in [0.3, 0.4) is 0 Å². The van der Waals surface area contributed by atoms with Gasteiger partial charge in [0, 0.05) is 12.1 Å². The molecule has 21 heavy (non-hydrogen) atoms. The zero-order valence-electron chi connectivity index (χ0n) is 12.1. The summed E-state index contributed by atoms with van der Waals surface area (Å²) in [4.78, 5) is 2.61. The largest absolute Gasteiger partial charge is 0.494 e. The Bertz CT molecular complexity index is 552. The lowest BCUT2D eigenvalue weighted by atomic mass is 10.2. The highest BCUT2D eigenvalue weighted by atomic mass is 32.1. The van der Waals surface area contributed by atoms with E-state index in [-0.39, 0.29) is 0 Å². The van der Waals surface area contributed by atoms with E-state index in [9.17, 15) is 0 Å². The lowest BCUT2D eigenvalue weighted by Crippen LogP contribution is -2.20. The minimum Gasteiger partial charge on any atom is -0.494 e. The van der Waals surface area contributed by atoms with E-state index in [1.165, 1.54) is 0 Å². The van der Waals surface area contributed by atoms with Gasteiger partial charge in [0.1, 0.15) is 16.5 Å². The number of nitrogens with two attached hydrogens (primary N) is 1. The minimum atomic E-state index is 0.404. The topological polar surface area (TPSA) is 51.6 Å². The number of ether oxygens (including phenoxy) is 1. The standard InChI is InChI=1S/C16H20N2O2S/c1-18(12-15-4-2-10-20-15)9-3-11-19-14-7-5-13(6-8-14)16(17)21/h2,4-8,10H,3,9,11-12H2,1H3,(H2,17,21). The highest BCUT2D eigenvalue weighted by molar-refractivity contribution is 7.80. The van der Waals surface area contributed by atoms with E-state index in [0.717, 1.165) is 36.6 Å². The molecule has 0 bridgehead atoms. The Morgan fingerprint density at radius 3 is 2.67 bits per heavy atom. The van der Waals surface area contributed by atoms with E-state index < -0.39 is 0 Å². The van der Waals surface area contributed by atoms with Gasteiger partial charge < -0.3 is 14.9 Å². The van der Waals surface area contributed by atoms with Crippen LogP contribution in [0.2, 0.25) is 0 Å². The maximum absolute atomic E-state index is 5.69. The Balaban J connectivity index is 1.66. The number of hydrogen-bond donors (Lipinski definition) is 1. The van der Waals surface area contributed by atoms with Gasteiger partial charge in [0.2, 0.25) is 0 Å². The van der Waals surface area contributed by atoms with Crippen molar-refractivity contribution in [1.29, 1.82) is 0 Å². The Morgan fingerprint density at radius 2 is 2.05 bits per heavy atom. The van der Waals surface area contributed by atoms with Gasteiger partial charge in [0.05, 0.1) is 19.4 Å². The van der Waals surface area contributed by atoms with Crippen molar-refractivity contribution in [1.82, 2.24) is 4.90 Å². The predicted octanol–water partition coefficient (Wildman–Crippen LogP) is 2.81. The van der Waals surface area contributed by atoms with Gasteiger partial charge in [0.25, 0.3) is 0 Å². The summed E-state index contributed by atoms with van der Waals surface area (Å²) in [5, 5.41) is 0. The third-order valence-corrected chi connectivity index (χ3v) is 3.33. The van der Waals surface area contributed by atoms with Crippen LogP contribution in [0.4, 0.5) is 0 Å². The molecule has 2 aromatic rings. The fourth-order valence-corrected chi connectivity index (χ4v) is 2.12. The molecule has 1 heterocycles. The van der Waals surface area contributed by atoms with Gasteiger partial charge in [-0.05, 0) is 49.9 Å². The number of benzene rings is 1. The van der Waals surface area contributed by atoms with Crippen LogP contribution >= 0.6 is 12.2 Å². The van der Waals surface area contributed by atoms with Gasteiger partial charge in [-0.2, -0.15) is 0 Å². The van der Waals surface area contributed by atoms with Gasteiger partial charge in [-0.3, -0.25) is 4.90 Å². The van der Waals surface area contributed by atoms with Gasteiger partial charge in [-0.1, -0.05) is 12.2 Å². The Hall–Kier alpha value is -1.85. The van der Waals surface area contributed by atoms with Crippen molar-refractivity contribution < 1.29 is 9.15 Å². The minimum absolute atomic E-state index is 0.404. The zero-order chi connectivity index (χ0) is 15.1. The van der Waals surface area contributed by atoms with Crippen LogP contribution in [0.15, 0.2) is 47.1 Å². The summed E-state index contributed by atoms with van der Waals surface area (Å²) >= 11 is 4.91. The monoisotopic (exact) mass is 304 g/mol. The molecule has 0 spiro atoms. The summed E-state index contributed by atoms with van der Waals surface area (Å²) in [5.74, 6) is 1.82. The molecule has 0 saturated carbocycles. The first-order chi connectivity index (χ1) is 10.1. The molecule has 0 aliphatic carbocycles. The van der Waals surface area contributed by atoms with Crippen molar-refractivity contribution in [3.05, 3.63) is 54.0 Å². The van der Waals surface area contributed by atoms with Crippen molar-refractivity contribution in [3.63, 3.8) is 0 Å². The lowest BCUT2D eigenvalue weighted by molar-refractivity contribution is 0.247. The van der Waals surface area contributed by atoms with Crippen LogP contribution in [0.1, 0.15) is 17.7 Å². The van der Waals surface area contributed by atoms with Crippen molar-refractivity contribution in [2.24, 2.45) is 5.73 Å². The van der Waals surface area contributed by atoms with E-state index in [1.54, 1.807) is 6.26 Å². The molecule has 0 fully saturated rings. The molecule has 4 nitrogen and oxygen atoms in total. The summed E-state index contributed by atoms with van der Waals surface area (Å²) in [6.07, 6.45) is 2.65. The van der Waals surface area contributed by atoms with Gasteiger partial charge in [-0.25, -0.2) is 0 Å². The fraction of sp³-hybridized carbons (Fsp3) is 0.312. The molecule has 0 radical (unpaired) electrons. The molecule has 0 aliphatic rings. The second-order valence-electron chi connectivity index (χ2n) is 4.91. The third-order valence-electron chi connectivity index (χ3n) is 3.10. The lowest BCUT2D eigenvalue weighted by Gasteiger charge is -2.15. The Kier molecular flexibility index (Phi) is 5.78. The molecule has 0 amide bonds. The first kappa shape index (κ1) is 15.5. The number of rotatable bonds is 8. The third kappa shape index (κ3) is 5.21. The van der Waals surface area contributed by atoms with Crippen LogP contribution in [0, 0.1) is 0 Å². The molecule has 0 saturated heterocycles. The summed E-state index contributed by atoms with van der Waals surface area (Å²) < 4.78 is 11.0. The van der Waals surface area contributed by atoms with Crippen LogP contribution in [-0.4, -0.2) is 30.1 Å². The van der Waals surface area contributed by atoms with Crippen molar-refractivity contribution in [2.75, 3.05) is 20.2 Å². The van der Waals surface area contributed by atoms with Crippen LogP contribution < -0.4 is 10.5 Å². The average molecular weight is 304 g/mol. The summed E-state index contributed by atoms with van der Waals surface area (Å²) in [5.41, 5.74) is 6.41. The summed E-state index contributed by atoms with van der Waals surface area (Å²) in [6.45, 7) is 2.44. The molecule has 0 unspecified atom stereocenters. The van der Waals surface area contributed by atoms with E-state index >= 15 is 0 Å². The number of nitrogens with zero attached hydrogens (tertiary/aromatic N) is 1. The molecule has 112 valence electrons. The zero-order valence-corrected chi connectivity index (χ0v) is 12.9. The quantitative estimate of drug-likeness (QED) is 0.600. The van der Waals surface area contributed by atoms with Crippen molar-refractivity contribution in [3.8, 4) is 5.75 Å². The molecule has 1 aromatic carbocycles. The van der Waals surface area contributed by atoms with Gasteiger partial charge in [0.15, 0.2) is 0 Å². The summed E-state index contributed by atoms with van der Waals surface area (Å²) in [7, 11) is 2.07. The molecular weight excluding hydrogens is 284 g/mol. The average Bonchev–Trinajstić information content (AvgIpc) is 2.97. The molecule has 0 aliphatic heterocycles. The highest BCUT2D eigenvalue weighted by Crippen LogP contribution is 2.12. The smallest absolute Gasteiger partial charge is 0.119 e. The first-order valence-corrected chi connectivity index (χ1v) is 7.29. The van der Waals surface area contributed by atoms with Gasteiger partial charge >= 0.3 is 0 Å². The van der Waals surface area contributed by atoms with Crippen molar-refractivity contribution >= 4 is 17.2 Å². The normalized spacial score (nSPS) is 10.8. The van der Waals surface area contributed by atoms with E-state index in [2.05, 4.69) is 11.9 Å². The van der Waals surface area contributed by atoms with Gasteiger partial charge in [-0.15, -0.1) is 0 Å². The SMILES string of the molecule is CN(CCCOc1ccc(C(N)=S)cc1)Cc1ccco1. The van der Waals surface area contributed by atoms with Crippen LogP contribution in [-0.2, 0) is 6.54 Å². The van der Waals surface area contributed by atoms with Crippen molar-refractivity contribution in [2.45, 2.75) is 13.0 Å². The second-order valence-corrected chi connectivity index (χ2v) is 5.35. The Morgan fingerprint density at radius 1 is 1.29 bits per heavy atom. The molecule has 2 rings (SSSR count). The highest BCUT2D eigenvalue weighted by Gasteiger charge is 2.03. The van der Waals surface area contributed by atoms with E-state index in [0.29, 0.717) is 11.6 Å².